The Hall–Kier alpha value is 4.56. The molecular weight excluding hydrogens is 547 g/mol. The minimum atomic E-state index is 0. The summed E-state index contributed by atoms with van der Waals surface area (Å²) in [5.74, 6) is 0. The predicted molar refractivity (Wildman–Crippen MR) is 66.0 cm³/mol. The van der Waals surface area contributed by atoms with Crippen molar-refractivity contribution in [2.24, 2.45) is 0 Å². The molecule has 0 fully saturated rings. The fourth-order valence-corrected chi connectivity index (χ4v) is 0. The number of hydrogen-bond acceptors (Lipinski definition) is 0. The molecule has 0 aromatic carbocycles. The Morgan fingerprint density at radius 3 is 1.20 bits per heavy atom. The zero-order chi connectivity index (χ0) is 2.71. The first-order chi connectivity index (χ1) is 1.41. The number of halogens is 4. The zero-order valence-corrected chi connectivity index (χ0v) is 10.5. The van der Waals surface area contributed by atoms with Crippen LogP contribution in [0.4, 0.5) is 0 Å². The molecule has 5 heavy (non-hydrogen) atoms. The van der Waals surface area contributed by atoms with Crippen molar-refractivity contribution in [3.63, 3.8) is 0 Å². The van der Waals surface area contributed by atoms with Crippen molar-refractivity contribution in [2.75, 3.05) is 0 Å². The molecule has 0 N–H and O–H groups in total. The summed E-state index contributed by atoms with van der Waals surface area (Å²) < 4.78 is 0. The van der Waals surface area contributed by atoms with Gasteiger partial charge in [0.1, 0.15) is 0 Å². The van der Waals surface area contributed by atoms with Crippen LogP contribution in [0.15, 0.2) is 0 Å². The van der Waals surface area contributed by atoms with E-state index in [1.807, 2.05) is 0 Å². The summed E-state index contributed by atoms with van der Waals surface area (Å²) in [5, 5.41) is 0. The quantitative estimate of drug-likeness (QED) is 0.322. The van der Waals surface area contributed by atoms with E-state index in [9.17, 15) is 0 Å². The van der Waals surface area contributed by atoms with E-state index in [-0.39, 0.29) is 75.4 Å². The summed E-state index contributed by atoms with van der Waals surface area (Å²) in [4.78, 5) is 0. The van der Waals surface area contributed by atoms with Gasteiger partial charge < -0.3 is 0 Å². The molecule has 0 aliphatic rings. The summed E-state index contributed by atoms with van der Waals surface area (Å²) in [6, 6.07) is 0. The van der Waals surface area contributed by atoms with Gasteiger partial charge in [-0.2, -0.15) is 0 Å². The van der Waals surface area contributed by atoms with Crippen molar-refractivity contribution in [3.8, 4) is 0 Å². The Bertz CT molecular complexity index is 3.61. The van der Waals surface area contributed by atoms with Gasteiger partial charge in [0.25, 0.3) is 0 Å². The first kappa shape index (κ1) is 16.3. The van der Waals surface area contributed by atoms with E-state index in [4.69, 9.17) is 0 Å². The zero-order valence-electron chi connectivity index (χ0n) is 1.57. The van der Waals surface area contributed by atoms with Gasteiger partial charge in [0.05, 0.1) is 0 Å². The fraction of sp³-hybridized carbons (Fsp3) is 0. The molecule has 0 aromatic heterocycles. The molecule has 0 saturated carbocycles. The van der Waals surface area contributed by atoms with Crippen LogP contribution in [0.5, 0.6) is 0 Å². The molecule has 0 aliphatic heterocycles. The van der Waals surface area contributed by atoms with Crippen LogP contribution in [0, 0.1) is 0 Å². The molecule has 5 heteroatoms. The number of hydrogen-bond donors (Lipinski definition) is 0. The predicted octanol–water partition coefficient (Wildman–Crippen LogP) is 2.36. The van der Waals surface area contributed by atoms with Gasteiger partial charge in [-0.15, -0.1) is 24.0 Å². The molecule has 0 radical (unpaired) electrons. The van der Waals surface area contributed by atoms with E-state index >= 15 is 0 Å². The van der Waals surface area contributed by atoms with Gasteiger partial charge in [-0.1, -0.05) is 0 Å². The molecule has 0 amide bonds. The van der Waals surface area contributed by atoms with Gasteiger partial charge >= 0.3 is 102 Å². The van der Waals surface area contributed by atoms with Gasteiger partial charge in [-0.3, -0.25) is 0 Å². The summed E-state index contributed by atoms with van der Waals surface area (Å²) in [7, 11) is 0. The van der Waals surface area contributed by atoms with Crippen molar-refractivity contribution in [1.82, 2.24) is 0 Å². The number of rotatable bonds is 0. The molecule has 0 unspecified atom stereocenters. The Kier molecular flexibility index (Phi) is 51.5. The second-order valence-corrected chi connectivity index (χ2v) is 17.6. The summed E-state index contributed by atoms with van der Waals surface area (Å²) in [5.41, 5.74) is 0. The molecule has 0 aliphatic carbocycles. The van der Waals surface area contributed by atoms with Gasteiger partial charge in [-0.05, 0) is 0 Å². The second-order valence-electron chi connectivity index (χ2n) is 0.0583. The molecular formula is H3I4K. The Balaban J connectivity index is -0.0000000200. The maximum atomic E-state index is 2.41. The third-order valence-corrected chi connectivity index (χ3v) is 0. The Morgan fingerprint density at radius 1 is 1.20 bits per heavy atom. The minimum absolute atomic E-state index is 0. The average Bonchev–Trinajstić information content (AvgIpc) is 0.918. The van der Waals surface area contributed by atoms with Crippen molar-refractivity contribution < 1.29 is 0 Å². The van der Waals surface area contributed by atoms with E-state index < -0.39 is 0 Å². The van der Waals surface area contributed by atoms with Crippen LogP contribution in [0.25, 0.3) is 0 Å². The van der Waals surface area contributed by atoms with E-state index in [2.05, 4.69) is 37.2 Å². The van der Waals surface area contributed by atoms with Crippen molar-refractivity contribution in [2.45, 2.75) is 0 Å². The van der Waals surface area contributed by atoms with Crippen LogP contribution in [0.2, 0.25) is 0 Å². The van der Waals surface area contributed by atoms with Crippen LogP contribution in [0.3, 0.4) is 0 Å². The van der Waals surface area contributed by atoms with Crippen molar-refractivity contribution in [1.29, 1.82) is 0 Å². The molecule has 0 spiro atoms. The van der Waals surface area contributed by atoms with Crippen LogP contribution >= 0.6 is 74.5 Å². The Morgan fingerprint density at radius 2 is 1.20 bits per heavy atom. The molecule has 0 heterocycles. The molecule has 0 aromatic rings. The third kappa shape index (κ3) is 17.7. The van der Waals surface area contributed by atoms with Crippen LogP contribution in [0.1, 0.15) is 0 Å². The van der Waals surface area contributed by atoms with Crippen LogP contribution in [-0.4, -0.2) is 51.4 Å². The molecule has 0 nitrogen and oxygen atoms in total. The molecule has 0 bridgehead atoms. The van der Waals surface area contributed by atoms with Crippen LogP contribution < -0.4 is 0 Å². The average molecular weight is 550 g/mol. The van der Waals surface area contributed by atoms with E-state index in [1.165, 1.54) is 0 Å². The van der Waals surface area contributed by atoms with E-state index in [0.717, 1.165) is 0 Å². The van der Waals surface area contributed by atoms with Gasteiger partial charge in [0, 0.05) is 0 Å². The normalized spacial score (nSPS) is 4.40. The maximum absolute atomic E-state index is 2.41. The third-order valence-electron chi connectivity index (χ3n) is 0. The summed E-state index contributed by atoms with van der Waals surface area (Å²) in [6.45, 7) is 0. The van der Waals surface area contributed by atoms with E-state index in [0.29, 0.717) is 13.3 Å². The standard InChI is InChI=1S/HI3.HI.K.H/c1-3-2;;;/h3H;1H;;. The van der Waals surface area contributed by atoms with E-state index in [1.54, 1.807) is 0 Å². The molecule has 0 rings (SSSR count). The Labute approximate surface area is 121 Å². The fourth-order valence-electron chi connectivity index (χ4n) is 0. The molecule has 0 saturated heterocycles. The van der Waals surface area contributed by atoms with Crippen molar-refractivity contribution >= 4 is 126 Å². The summed E-state index contributed by atoms with van der Waals surface area (Å²) >= 11 is 5.22. The molecule has 0 atom stereocenters. The van der Waals surface area contributed by atoms with Gasteiger partial charge in [-0.25, -0.2) is 0 Å². The topological polar surface area (TPSA) is 0 Å². The van der Waals surface area contributed by atoms with Gasteiger partial charge in [0.2, 0.25) is 0 Å². The first-order valence-corrected chi connectivity index (χ1v) is 13.9. The SMILES string of the molecule is I.I[IH]I.[KH]. The second kappa shape index (κ2) is 15.8. The van der Waals surface area contributed by atoms with Gasteiger partial charge in [0.15, 0.2) is 0 Å². The molecule has 32 valence electrons. The summed E-state index contributed by atoms with van der Waals surface area (Å²) in [6.07, 6.45) is 0. The monoisotopic (exact) mass is 550 g/mol. The van der Waals surface area contributed by atoms with Crippen LogP contribution in [-0.2, 0) is 0 Å². The van der Waals surface area contributed by atoms with Crippen molar-refractivity contribution in [3.05, 3.63) is 0 Å². The first-order valence-electron chi connectivity index (χ1n) is 0.309.